The SMILES string of the molecule is Cc1cc(S(=O)(=O)NCC2CCCN2)cc([N+](=O)[O-])c1C. The molecule has 1 aliphatic heterocycles. The van der Waals surface area contributed by atoms with Gasteiger partial charge in [-0.3, -0.25) is 10.1 Å². The Morgan fingerprint density at radius 1 is 1.43 bits per heavy atom. The summed E-state index contributed by atoms with van der Waals surface area (Å²) >= 11 is 0. The highest BCUT2D eigenvalue weighted by atomic mass is 32.2. The number of aryl methyl sites for hydroxylation is 1. The Morgan fingerprint density at radius 2 is 2.14 bits per heavy atom. The molecule has 0 bridgehead atoms. The molecule has 1 atom stereocenters. The van der Waals surface area contributed by atoms with E-state index in [1.165, 1.54) is 6.07 Å². The van der Waals surface area contributed by atoms with Gasteiger partial charge in [0.25, 0.3) is 5.69 Å². The summed E-state index contributed by atoms with van der Waals surface area (Å²) in [6.07, 6.45) is 1.96. The fraction of sp³-hybridized carbons (Fsp3) is 0.538. The van der Waals surface area contributed by atoms with Crippen molar-refractivity contribution in [2.75, 3.05) is 13.1 Å². The number of nitrogens with one attached hydrogen (secondary N) is 2. The standard InChI is InChI=1S/C13H19N3O4S/c1-9-6-12(7-13(10(9)2)16(17)18)21(19,20)15-8-11-4-3-5-14-11/h6-7,11,14-15H,3-5,8H2,1-2H3. The fourth-order valence-electron chi connectivity index (χ4n) is 2.38. The van der Waals surface area contributed by atoms with E-state index in [-0.39, 0.29) is 16.6 Å². The summed E-state index contributed by atoms with van der Waals surface area (Å²) in [6, 6.07) is 2.71. The number of benzene rings is 1. The van der Waals surface area contributed by atoms with Crippen molar-refractivity contribution in [1.29, 1.82) is 0 Å². The van der Waals surface area contributed by atoms with Crippen molar-refractivity contribution in [3.05, 3.63) is 33.4 Å². The second kappa shape index (κ2) is 6.08. The molecule has 0 amide bonds. The number of nitro benzene ring substituents is 1. The van der Waals surface area contributed by atoms with Crippen LogP contribution in [-0.4, -0.2) is 32.5 Å². The maximum atomic E-state index is 12.3. The van der Waals surface area contributed by atoms with Crippen molar-refractivity contribution in [3.8, 4) is 0 Å². The molecule has 0 aromatic heterocycles. The van der Waals surface area contributed by atoms with Gasteiger partial charge in [-0.15, -0.1) is 0 Å². The first kappa shape index (κ1) is 15.9. The molecule has 8 heteroatoms. The first-order chi connectivity index (χ1) is 9.81. The lowest BCUT2D eigenvalue weighted by Gasteiger charge is -2.13. The van der Waals surface area contributed by atoms with Crippen LogP contribution in [0.5, 0.6) is 0 Å². The first-order valence-electron chi connectivity index (χ1n) is 6.80. The predicted molar refractivity (Wildman–Crippen MR) is 78.8 cm³/mol. The summed E-state index contributed by atoms with van der Waals surface area (Å²) in [4.78, 5) is 10.4. The zero-order chi connectivity index (χ0) is 15.6. The highest BCUT2D eigenvalue weighted by molar-refractivity contribution is 7.89. The van der Waals surface area contributed by atoms with Crippen LogP contribution in [0.2, 0.25) is 0 Å². The Labute approximate surface area is 123 Å². The third kappa shape index (κ3) is 3.58. The molecular weight excluding hydrogens is 294 g/mol. The molecular formula is C13H19N3O4S. The minimum atomic E-state index is -3.74. The van der Waals surface area contributed by atoms with E-state index < -0.39 is 14.9 Å². The molecule has 0 radical (unpaired) electrons. The summed E-state index contributed by atoms with van der Waals surface area (Å²) < 4.78 is 27.0. The molecule has 2 N–H and O–H groups in total. The summed E-state index contributed by atoms with van der Waals surface area (Å²) in [7, 11) is -3.74. The molecule has 7 nitrogen and oxygen atoms in total. The second-order valence-electron chi connectivity index (χ2n) is 5.29. The summed E-state index contributed by atoms with van der Waals surface area (Å²) in [5.41, 5.74) is 0.898. The minimum absolute atomic E-state index is 0.0599. The fourth-order valence-corrected chi connectivity index (χ4v) is 3.56. The van der Waals surface area contributed by atoms with Gasteiger partial charge in [0.1, 0.15) is 0 Å². The highest BCUT2D eigenvalue weighted by Gasteiger charge is 2.23. The Bertz CT molecular complexity index is 652. The Morgan fingerprint density at radius 3 is 2.71 bits per heavy atom. The normalized spacial score (nSPS) is 18.9. The van der Waals surface area contributed by atoms with Crippen LogP contribution in [-0.2, 0) is 10.0 Å². The topological polar surface area (TPSA) is 101 Å². The molecule has 1 fully saturated rings. The molecule has 1 saturated heterocycles. The van der Waals surface area contributed by atoms with E-state index in [0.29, 0.717) is 17.7 Å². The number of nitrogens with zero attached hydrogens (tertiary/aromatic N) is 1. The molecule has 0 saturated carbocycles. The molecule has 1 aliphatic rings. The van der Waals surface area contributed by atoms with Crippen molar-refractivity contribution in [2.24, 2.45) is 0 Å². The van der Waals surface area contributed by atoms with Crippen LogP contribution >= 0.6 is 0 Å². The average Bonchev–Trinajstić information content (AvgIpc) is 2.92. The van der Waals surface area contributed by atoms with Gasteiger partial charge in [0.15, 0.2) is 0 Å². The molecule has 0 aliphatic carbocycles. The van der Waals surface area contributed by atoms with Crippen LogP contribution in [0.1, 0.15) is 24.0 Å². The van der Waals surface area contributed by atoms with E-state index in [9.17, 15) is 18.5 Å². The van der Waals surface area contributed by atoms with Crippen LogP contribution in [0, 0.1) is 24.0 Å². The maximum Gasteiger partial charge on any atom is 0.273 e. The highest BCUT2D eigenvalue weighted by Crippen LogP contribution is 2.25. The third-order valence-corrected chi connectivity index (χ3v) is 5.21. The van der Waals surface area contributed by atoms with Gasteiger partial charge < -0.3 is 5.32 Å². The van der Waals surface area contributed by atoms with Crippen molar-refractivity contribution >= 4 is 15.7 Å². The van der Waals surface area contributed by atoms with Gasteiger partial charge in [-0.1, -0.05) is 0 Å². The zero-order valence-corrected chi connectivity index (χ0v) is 12.9. The lowest BCUT2D eigenvalue weighted by Crippen LogP contribution is -2.37. The molecule has 1 aromatic carbocycles. The van der Waals surface area contributed by atoms with Crippen LogP contribution in [0.4, 0.5) is 5.69 Å². The van der Waals surface area contributed by atoms with Crippen LogP contribution < -0.4 is 10.0 Å². The van der Waals surface area contributed by atoms with Crippen molar-refractivity contribution in [3.63, 3.8) is 0 Å². The van der Waals surface area contributed by atoms with Crippen molar-refractivity contribution in [1.82, 2.24) is 10.0 Å². The summed E-state index contributed by atoms with van der Waals surface area (Å²) in [5, 5.41) is 14.2. The molecule has 0 spiro atoms. The van der Waals surface area contributed by atoms with E-state index in [0.717, 1.165) is 25.5 Å². The van der Waals surface area contributed by atoms with E-state index >= 15 is 0 Å². The molecule has 116 valence electrons. The maximum absolute atomic E-state index is 12.3. The quantitative estimate of drug-likeness (QED) is 0.629. The van der Waals surface area contributed by atoms with Gasteiger partial charge in [-0.25, -0.2) is 13.1 Å². The van der Waals surface area contributed by atoms with Crippen molar-refractivity contribution in [2.45, 2.75) is 37.6 Å². The molecule has 1 unspecified atom stereocenters. The van der Waals surface area contributed by atoms with Gasteiger partial charge in [0.2, 0.25) is 10.0 Å². The van der Waals surface area contributed by atoms with Gasteiger partial charge >= 0.3 is 0 Å². The Hall–Kier alpha value is -1.51. The predicted octanol–water partition coefficient (Wildman–Crippen LogP) is 1.24. The van der Waals surface area contributed by atoms with Gasteiger partial charge in [-0.05, 0) is 44.9 Å². The van der Waals surface area contributed by atoms with E-state index in [1.807, 2.05) is 0 Å². The molecule has 21 heavy (non-hydrogen) atoms. The lowest BCUT2D eigenvalue weighted by atomic mass is 10.1. The number of rotatable bonds is 5. The largest absolute Gasteiger partial charge is 0.313 e. The number of hydrogen-bond donors (Lipinski definition) is 2. The molecule has 1 heterocycles. The number of sulfonamides is 1. The van der Waals surface area contributed by atoms with Crippen molar-refractivity contribution < 1.29 is 13.3 Å². The second-order valence-corrected chi connectivity index (χ2v) is 7.05. The average molecular weight is 313 g/mol. The number of nitro groups is 1. The number of hydrogen-bond acceptors (Lipinski definition) is 5. The zero-order valence-electron chi connectivity index (χ0n) is 12.0. The van der Waals surface area contributed by atoms with Crippen LogP contribution in [0.15, 0.2) is 17.0 Å². The lowest BCUT2D eigenvalue weighted by molar-refractivity contribution is -0.385. The van der Waals surface area contributed by atoms with E-state index in [2.05, 4.69) is 10.0 Å². The third-order valence-electron chi connectivity index (χ3n) is 3.80. The first-order valence-corrected chi connectivity index (χ1v) is 8.28. The van der Waals surface area contributed by atoms with Gasteiger partial charge in [0.05, 0.1) is 9.82 Å². The van der Waals surface area contributed by atoms with E-state index in [4.69, 9.17) is 0 Å². The summed E-state index contributed by atoms with van der Waals surface area (Å²) in [6.45, 7) is 4.46. The summed E-state index contributed by atoms with van der Waals surface area (Å²) in [5.74, 6) is 0. The van der Waals surface area contributed by atoms with Gasteiger partial charge in [0, 0.05) is 24.2 Å². The monoisotopic (exact) mass is 313 g/mol. The molecule has 1 aromatic rings. The Kier molecular flexibility index (Phi) is 4.60. The van der Waals surface area contributed by atoms with Crippen LogP contribution in [0.25, 0.3) is 0 Å². The van der Waals surface area contributed by atoms with E-state index in [1.54, 1.807) is 13.8 Å². The minimum Gasteiger partial charge on any atom is -0.313 e. The van der Waals surface area contributed by atoms with Crippen LogP contribution in [0.3, 0.4) is 0 Å². The smallest absolute Gasteiger partial charge is 0.273 e. The van der Waals surface area contributed by atoms with Gasteiger partial charge in [-0.2, -0.15) is 0 Å². The Balaban J connectivity index is 2.24. The molecule has 2 rings (SSSR count).